The van der Waals surface area contributed by atoms with Crippen LogP contribution in [0.4, 0.5) is 9.18 Å². The van der Waals surface area contributed by atoms with Crippen molar-refractivity contribution >= 4 is 23.0 Å². The van der Waals surface area contributed by atoms with Gasteiger partial charge in [-0.2, -0.15) is 0 Å². The highest BCUT2D eigenvalue weighted by molar-refractivity contribution is 5.95. The van der Waals surface area contributed by atoms with Crippen molar-refractivity contribution in [1.29, 1.82) is 0 Å². The van der Waals surface area contributed by atoms with Crippen LogP contribution in [0.25, 0.3) is 11.0 Å². The summed E-state index contributed by atoms with van der Waals surface area (Å²) in [6, 6.07) is 3.32. The molecule has 2 fully saturated rings. The summed E-state index contributed by atoms with van der Waals surface area (Å²) in [6.07, 6.45) is 10.0. The Kier molecular flexibility index (Phi) is 8.66. The summed E-state index contributed by atoms with van der Waals surface area (Å²) in [7, 11) is 0. The van der Waals surface area contributed by atoms with Crippen LogP contribution in [0.1, 0.15) is 118 Å². The number of aryl methyl sites for hydroxylation is 1. The monoisotopic (exact) mass is 567 g/mol. The number of ether oxygens (including phenoxy) is 1. The third-order valence-corrected chi connectivity index (χ3v) is 8.42. The molecule has 1 saturated carbocycles. The fourth-order valence-corrected chi connectivity index (χ4v) is 6.20. The van der Waals surface area contributed by atoms with Gasteiger partial charge in [0.1, 0.15) is 28.8 Å². The molecule has 1 saturated heterocycles. The number of carbonyl (C=O) groups excluding carboxylic acids is 2. The largest absolute Gasteiger partial charge is 0.444 e. The van der Waals surface area contributed by atoms with Crippen LogP contribution in [0.2, 0.25) is 0 Å². The number of halogens is 1. The summed E-state index contributed by atoms with van der Waals surface area (Å²) in [4.78, 5) is 35.5. The Hall–Kier alpha value is -3.43. The van der Waals surface area contributed by atoms with Crippen molar-refractivity contribution in [2.24, 2.45) is 5.92 Å². The molecule has 2 aromatic heterocycles. The molecule has 1 atom stereocenters. The van der Waals surface area contributed by atoms with Crippen LogP contribution >= 0.6 is 0 Å². The molecule has 3 aromatic rings. The first kappa shape index (κ1) is 29.1. The average molecular weight is 568 g/mol. The molecule has 2 aliphatic rings. The van der Waals surface area contributed by atoms with Gasteiger partial charge >= 0.3 is 6.09 Å². The SMILES string of the molecule is Cc1nocc1C(=O)NC(c1nc2c(F)c(C3CCN(C(=O)OC(C)(C)C)CC3)ccc2[nH]1)C1CCCCCCC1. The molecular weight excluding hydrogens is 525 g/mol. The molecule has 2 N–H and O–H groups in total. The van der Waals surface area contributed by atoms with Gasteiger partial charge in [0, 0.05) is 13.1 Å². The Labute approximate surface area is 240 Å². The van der Waals surface area contributed by atoms with Crippen LogP contribution in [0.15, 0.2) is 22.9 Å². The number of benzene rings is 1. The minimum atomic E-state index is -0.551. The van der Waals surface area contributed by atoms with E-state index in [1.807, 2.05) is 32.9 Å². The molecule has 0 spiro atoms. The van der Waals surface area contributed by atoms with Gasteiger partial charge in [-0.1, -0.05) is 43.3 Å². The average Bonchev–Trinajstić information content (AvgIpc) is 3.53. The van der Waals surface area contributed by atoms with Crippen LogP contribution in [0, 0.1) is 18.7 Å². The highest BCUT2D eigenvalue weighted by Crippen LogP contribution is 2.36. The zero-order chi connectivity index (χ0) is 29.1. The first-order valence-corrected chi connectivity index (χ1v) is 15.0. The third-order valence-electron chi connectivity index (χ3n) is 8.42. The summed E-state index contributed by atoms with van der Waals surface area (Å²) in [5.41, 5.74) is 1.88. The standard InChI is InChI=1S/C31H42FN5O4/c1-19-23(18-40-36-19)29(38)35-26(21-10-8-6-5-7-9-11-21)28-33-24-13-12-22(25(32)27(24)34-28)20-14-16-37(17-15-20)30(39)41-31(2,3)4/h12-13,18,20-21,26H,5-11,14-17H2,1-4H3,(H,33,34)(H,35,38). The van der Waals surface area contributed by atoms with Crippen molar-refractivity contribution in [1.82, 2.24) is 25.3 Å². The van der Waals surface area contributed by atoms with Crippen LogP contribution in [0.5, 0.6) is 0 Å². The van der Waals surface area contributed by atoms with Crippen molar-refractivity contribution in [2.75, 3.05) is 13.1 Å². The molecule has 1 unspecified atom stereocenters. The van der Waals surface area contributed by atoms with Gasteiger partial charge in [0.2, 0.25) is 0 Å². The molecule has 41 heavy (non-hydrogen) atoms. The van der Waals surface area contributed by atoms with Crippen LogP contribution < -0.4 is 5.32 Å². The molecule has 5 rings (SSSR count). The Bertz CT molecular complexity index is 1360. The minimum absolute atomic E-state index is 0.0177. The Morgan fingerprint density at radius 2 is 1.78 bits per heavy atom. The lowest BCUT2D eigenvalue weighted by Crippen LogP contribution is -2.41. The number of fused-ring (bicyclic) bond motifs is 1. The molecule has 2 amide bonds. The summed E-state index contributed by atoms with van der Waals surface area (Å²) in [5.74, 6) is 0.131. The number of nitrogens with zero attached hydrogens (tertiary/aromatic N) is 3. The maximum absolute atomic E-state index is 16.0. The number of hydrogen-bond donors (Lipinski definition) is 2. The van der Waals surface area contributed by atoms with Gasteiger partial charge < -0.3 is 24.5 Å². The van der Waals surface area contributed by atoms with Gasteiger partial charge in [-0.3, -0.25) is 4.79 Å². The first-order valence-electron chi connectivity index (χ1n) is 15.0. The fourth-order valence-electron chi connectivity index (χ4n) is 6.20. The van der Waals surface area contributed by atoms with Gasteiger partial charge in [-0.25, -0.2) is 14.2 Å². The van der Waals surface area contributed by atoms with E-state index in [1.165, 1.54) is 25.5 Å². The number of amides is 2. The summed E-state index contributed by atoms with van der Waals surface area (Å²) >= 11 is 0. The lowest BCUT2D eigenvalue weighted by atomic mass is 9.85. The molecule has 0 radical (unpaired) electrons. The van der Waals surface area contributed by atoms with Crippen LogP contribution in [0.3, 0.4) is 0 Å². The molecule has 3 heterocycles. The minimum Gasteiger partial charge on any atom is -0.444 e. The normalized spacial score (nSPS) is 18.6. The summed E-state index contributed by atoms with van der Waals surface area (Å²) in [5, 5.41) is 7.03. The number of likely N-dealkylation sites (tertiary alicyclic amines) is 1. The van der Waals surface area contributed by atoms with Crippen LogP contribution in [-0.4, -0.2) is 50.7 Å². The predicted molar refractivity (Wildman–Crippen MR) is 153 cm³/mol. The second kappa shape index (κ2) is 12.2. The van der Waals surface area contributed by atoms with Crippen molar-refractivity contribution < 1.29 is 23.2 Å². The van der Waals surface area contributed by atoms with Crippen molar-refractivity contribution in [3.63, 3.8) is 0 Å². The molecule has 10 heteroatoms. The maximum atomic E-state index is 16.0. The van der Waals surface area contributed by atoms with Gasteiger partial charge in [-0.05, 0) is 76.8 Å². The lowest BCUT2D eigenvalue weighted by molar-refractivity contribution is 0.0204. The third kappa shape index (κ3) is 6.73. The van der Waals surface area contributed by atoms with E-state index in [0.29, 0.717) is 59.6 Å². The van der Waals surface area contributed by atoms with E-state index in [-0.39, 0.29) is 35.7 Å². The van der Waals surface area contributed by atoms with E-state index in [1.54, 1.807) is 11.8 Å². The van der Waals surface area contributed by atoms with E-state index in [0.717, 1.165) is 25.7 Å². The summed E-state index contributed by atoms with van der Waals surface area (Å²) < 4.78 is 26.5. The van der Waals surface area contributed by atoms with Gasteiger partial charge in [0.15, 0.2) is 5.82 Å². The zero-order valence-electron chi connectivity index (χ0n) is 24.6. The molecular formula is C31H42FN5O4. The molecule has 1 aliphatic heterocycles. The van der Waals surface area contributed by atoms with Gasteiger partial charge in [0.25, 0.3) is 5.91 Å². The molecule has 1 aromatic carbocycles. The molecule has 222 valence electrons. The number of rotatable bonds is 5. The topological polar surface area (TPSA) is 113 Å². The Morgan fingerprint density at radius 1 is 1.10 bits per heavy atom. The predicted octanol–water partition coefficient (Wildman–Crippen LogP) is 6.94. The maximum Gasteiger partial charge on any atom is 0.410 e. The quantitative estimate of drug-likeness (QED) is 0.345. The molecule has 9 nitrogen and oxygen atoms in total. The van der Waals surface area contributed by atoms with E-state index < -0.39 is 5.60 Å². The van der Waals surface area contributed by atoms with Crippen molar-refractivity contribution in [2.45, 2.75) is 103 Å². The lowest BCUT2D eigenvalue weighted by Gasteiger charge is -2.33. The summed E-state index contributed by atoms with van der Waals surface area (Å²) in [6.45, 7) is 8.32. The Morgan fingerprint density at radius 3 is 2.41 bits per heavy atom. The van der Waals surface area contributed by atoms with Gasteiger partial charge in [-0.15, -0.1) is 0 Å². The molecule has 1 aliphatic carbocycles. The second-order valence-electron chi connectivity index (χ2n) is 12.6. The van der Waals surface area contributed by atoms with Crippen molar-refractivity contribution in [3.05, 3.63) is 46.9 Å². The first-order chi connectivity index (χ1) is 19.6. The van der Waals surface area contributed by atoms with E-state index in [4.69, 9.17) is 14.2 Å². The number of imidazole rings is 1. The number of hydrogen-bond acceptors (Lipinski definition) is 6. The number of nitrogens with one attached hydrogen (secondary N) is 2. The van der Waals surface area contributed by atoms with Crippen molar-refractivity contribution in [3.8, 4) is 0 Å². The number of aromatic nitrogens is 3. The number of H-pyrrole nitrogens is 1. The number of piperidine rings is 1. The number of carbonyl (C=O) groups is 2. The Balaban J connectivity index is 1.38. The van der Waals surface area contributed by atoms with E-state index in [9.17, 15) is 9.59 Å². The smallest absolute Gasteiger partial charge is 0.410 e. The highest BCUT2D eigenvalue weighted by atomic mass is 19.1. The second-order valence-corrected chi connectivity index (χ2v) is 12.6. The fraction of sp³-hybridized carbons (Fsp3) is 0.613. The molecule has 0 bridgehead atoms. The van der Waals surface area contributed by atoms with E-state index >= 15 is 4.39 Å². The highest BCUT2D eigenvalue weighted by Gasteiger charge is 2.32. The number of aromatic amines is 1. The van der Waals surface area contributed by atoms with Gasteiger partial charge in [0.05, 0.1) is 17.3 Å². The zero-order valence-corrected chi connectivity index (χ0v) is 24.6. The van der Waals surface area contributed by atoms with E-state index in [2.05, 4.69) is 15.5 Å². The van der Waals surface area contributed by atoms with Crippen LogP contribution in [-0.2, 0) is 4.74 Å².